The highest BCUT2D eigenvalue weighted by molar-refractivity contribution is 5.89. The van der Waals surface area contributed by atoms with Gasteiger partial charge in [0.05, 0.1) is 6.10 Å². The van der Waals surface area contributed by atoms with Crippen LogP contribution in [-0.4, -0.2) is 35.6 Å². The smallest absolute Gasteiger partial charge is 0.245 e. The lowest BCUT2D eigenvalue weighted by atomic mass is 10.0. The van der Waals surface area contributed by atoms with Crippen molar-refractivity contribution in [2.75, 3.05) is 6.54 Å². The number of nitrogens with one attached hydrogen (secondary N) is 2. The number of aliphatic hydroxyl groups excluding tert-OH is 1. The van der Waals surface area contributed by atoms with E-state index in [2.05, 4.69) is 22.8 Å². The molecule has 5 nitrogen and oxygen atoms in total. The second-order valence-corrected chi connectivity index (χ2v) is 7.39. The summed E-state index contributed by atoms with van der Waals surface area (Å²) in [6.45, 7) is 2.09. The molecule has 2 aliphatic rings. The molecule has 0 aromatic heterocycles. The summed E-state index contributed by atoms with van der Waals surface area (Å²) < 4.78 is 0. The maximum atomic E-state index is 12.5. The third-order valence-corrected chi connectivity index (χ3v) is 5.57. The molecule has 0 aliphatic heterocycles. The van der Waals surface area contributed by atoms with Gasteiger partial charge in [-0.3, -0.25) is 9.59 Å². The first-order valence-corrected chi connectivity index (χ1v) is 9.40. The monoisotopic (exact) mass is 344 g/mol. The third kappa shape index (κ3) is 4.21. The van der Waals surface area contributed by atoms with Crippen LogP contribution in [0.15, 0.2) is 24.3 Å². The van der Waals surface area contributed by atoms with Crippen LogP contribution < -0.4 is 10.6 Å². The van der Waals surface area contributed by atoms with E-state index in [1.807, 2.05) is 12.1 Å². The van der Waals surface area contributed by atoms with Crippen LogP contribution in [0.4, 0.5) is 0 Å². The van der Waals surface area contributed by atoms with Crippen LogP contribution in [0, 0.1) is 5.92 Å². The zero-order chi connectivity index (χ0) is 17.8. The Hall–Kier alpha value is -1.88. The predicted molar refractivity (Wildman–Crippen MR) is 96.1 cm³/mol. The molecule has 0 heterocycles. The van der Waals surface area contributed by atoms with Crippen molar-refractivity contribution in [1.82, 2.24) is 10.6 Å². The van der Waals surface area contributed by atoms with E-state index in [0.717, 1.165) is 38.5 Å². The Morgan fingerprint density at radius 1 is 1.20 bits per heavy atom. The van der Waals surface area contributed by atoms with Gasteiger partial charge in [0.2, 0.25) is 11.8 Å². The van der Waals surface area contributed by atoms with Gasteiger partial charge in [0.15, 0.2) is 0 Å². The van der Waals surface area contributed by atoms with Crippen molar-refractivity contribution in [1.29, 1.82) is 0 Å². The first-order valence-electron chi connectivity index (χ1n) is 9.40. The highest BCUT2D eigenvalue weighted by Crippen LogP contribution is 2.32. The number of carbonyl (C=O) groups is 2. The van der Waals surface area contributed by atoms with E-state index in [9.17, 15) is 14.7 Å². The molecule has 3 atom stereocenters. The van der Waals surface area contributed by atoms with Crippen molar-refractivity contribution in [3.63, 3.8) is 0 Å². The van der Waals surface area contributed by atoms with E-state index in [1.54, 1.807) is 6.92 Å². The van der Waals surface area contributed by atoms with Crippen molar-refractivity contribution in [3.8, 4) is 0 Å². The number of aliphatic hydroxyl groups is 1. The van der Waals surface area contributed by atoms with Gasteiger partial charge in [-0.15, -0.1) is 0 Å². The van der Waals surface area contributed by atoms with E-state index in [0.29, 0.717) is 12.5 Å². The first kappa shape index (κ1) is 17.9. The Bertz CT molecular complexity index is 623. The van der Waals surface area contributed by atoms with Crippen LogP contribution in [-0.2, 0) is 16.0 Å². The second kappa shape index (κ2) is 8.00. The van der Waals surface area contributed by atoms with Crippen LogP contribution in [0.25, 0.3) is 0 Å². The minimum absolute atomic E-state index is 0.0178. The molecule has 1 saturated carbocycles. The number of aryl methyl sites for hydroxylation is 1. The number of hydrogen-bond donors (Lipinski definition) is 3. The largest absolute Gasteiger partial charge is 0.391 e. The molecule has 0 saturated heterocycles. The molecule has 2 amide bonds. The average molecular weight is 344 g/mol. The fourth-order valence-corrected chi connectivity index (χ4v) is 4.06. The minimum Gasteiger partial charge on any atom is -0.391 e. The number of amides is 2. The molecule has 1 fully saturated rings. The zero-order valence-corrected chi connectivity index (χ0v) is 14.8. The number of hydrogen-bond acceptors (Lipinski definition) is 3. The lowest BCUT2D eigenvalue weighted by molar-refractivity contribution is -0.133. The van der Waals surface area contributed by atoms with Crippen LogP contribution in [0.1, 0.15) is 56.1 Å². The van der Waals surface area contributed by atoms with Gasteiger partial charge in [-0.05, 0) is 43.7 Å². The summed E-state index contributed by atoms with van der Waals surface area (Å²) in [5.74, 6) is -0.119. The normalized spacial score (nSPS) is 22.2. The molecule has 5 heteroatoms. The summed E-state index contributed by atoms with van der Waals surface area (Å²) in [6.07, 6.45) is 5.01. The number of carbonyl (C=O) groups excluding carboxylic acids is 2. The number of fused-ring (bicyclic) bond motifs is 1. The topological polar surface area (TPSA) is 78.4 Å². The fourth-order valence-electron chi connectivity index (χ4n) is 4.06. The molecule has 1 aromatic carbocycles. The van der Waals surface area contributed by atoms with Gasteiger partial charge >= 0.3 is 0 Å². The maximum absolute atomic E-state index is 12.5. The summed E-state index contributed by atoms with van der Waals surface area (Å²) in [7, 11) is 0. The summed E-state index contributed by atoms with van der Waals surface area (Å²) in [5.41, 5.74) is 2.65. The van der Waals surface area contributed by atoms with E-state index in [4.69, 9.17) is 0 Å². The lowest BCUT2D eigenvalue weighted by Crippen LogP contribution is -2.54. The molecule has 0 unspecified atom stereocenters. The van der Waals surface area contributed by atoms with E-state index < -0.39 is 12.1 Å². The van der Waals surface area contributed by atoms with Crippen LogP contribution in [0.5, 0.6) is 0 Å². The van der Waals surface area contributed by atoms with E-state index >= 15 is 0 Å². The SMILES string of the molecule is C[C@H](O)[C@@H](NC(=O)C1CCCC1)C(=O)NC[C@@H]1CCc2ccccc21. The van der Waals surface area contributed by atoms with Gasteiger partial charge in [0.1, 0.15) is 6.04 Å². The highest BCUT2D eigenvalue weighted by atomic mass is 16.3. The summed E-state index contributed by atoms with van der Waals surface area (Å²) in [6, 6.07) is 7.44. The van der Waals surface area contributed by atoms with Gasteiger partial charge in [-0.1, -0.05) is 37.1 Å². The fraction of sp³-hybridized carbons (Fsp3) is 0.600. The summed E-state index contributed by atoms with van der Waals surface area (Å²) in [5, 5.41) is 15.6. The van der Waals surface area contributed by atoms with Crippen molar-refractivity contribution in [3.05, 3.63) is 35.4 Å². The van der Waals surface area contributed by atoms with Gasteiger partial charge in [0, 0.05) is 18.4 Å². The van der Waals surface area contributed by atoms with E-state index in [1.165, 1.54) is 11.1 Å². The summed E-state index contributed by atoms with van der Waals surface area (Å²) in [4.78, 5) is 24.8. The standard InChI is InChI=1S/C20H28N2O3/c1-13(23)18(22-19(24)15-7-2-3-8-15)20(25)21-12-16-11-10-14-6-4-5-9-17(14)16/h4-6,9,13,15-16,18,23H,2-3,7-8,10-12H2,1H3,(H,21,25)(H,22,24)/t13-,16-,18+/m0/s1. The third-order valence-electron chi connectivity index (χ3n) is 5.57. The van der Waals surface area contributed by atoms with Gasteiger partial charge < -0.3 is 15.7 Å². The lowest BCUT2D eigenvalue weighted by Gasteiger charge is -2.23. The van der Waals surface area contributed by atoms with E-state index in [-0.39, 0.29) is 17.7 Å². The maximum Gasteiger partial charge on any atom is 0.245 e. The Morgan fingerprint density at radius 3 is 2.64 bits per heavy atom. The van der Waals surface area contributed by atoms with Crippen molar-refractivity contribution < 1.29 is 14.7 Å². The molecule has 136 valence electrons. The Kier molecular flexibility index (Phi) is 5.74. The van der Waals surface area contributed by atoms with Gasteiger partial charge in [0.25, 0.3) is 0 Å². The summed E-state index contributed by atoms with van der Waals surface area (Å²) >= 11 is 0. The Labute approximate surface area is 149 Å². The zero-order valence-electron chi connectivity index (χ0n) is 14.8. The minimum atomic E-state index is -0.916. The Balaban J connectivity index is 1.55. The van der Waals surface area contributed by atoms with Crippen LogP contribution >= 0.6 is 0 Å². The molecular weight excluding hydrogens is 316 g/mol. The van der Waals surface area contributed by atoms with Gasteiger partial charge in [-0.2, -0.15) is 0 Å². The van der Waals surface area contributed by atoms with Gasteiger partial charge in [-0.25, -0.2) is 0 Å². The van der Waals surface area contributed by atoms with Crippen molar-refractivity contribution in [2.24, 2.45) is 5.92 Å². The molecule has 0 bridgehead atoms. The Morgan fingerprint density at radius 2 is 1.92 bits per heavy atom. The first-order chi connectivity index (χ1) is 12.1. The predicted octanol–water partition coefficient (Wildman–Crippen LogP) is 1.89. The molecule has 25 heavy (non-hydrogen) atoms. The molecule has 2 aliphatic carbocycles. The molecule has 1 aromatic rings. The number of rotatable bonds is 6. The highest BCUT2D eigenvalue weighted by Gasteiger charge is 2.31. The average Bonchev–Trinajstić information content (AvgIpc) is 3.27. The number of benzene rings is 1. The van der Waals surface area contributed by atoms with Crippen molar-refractivity contribution >= 4 is 11.8 Å². The second-order valence-electron chi connectivity index (χ2n) is 7.39. The molecule has 0 spiro atoms. The quantitative estimate of drug-likeness (QED) is 0.737. The van der Waals surface area contributed by atoms with Crippen molar-refractivity contribution in [2.45, 2.75) is 63.5 Å². The molecular formula is C20H28N2O3. The van der Waals surface area contributed by atoms with Crippen LogP contribution in [0.3, 0.4) is 0 Å². The molecule has 0 radical (unpaired) electrons. The van der Waals surface area contributed by atoms with Crippen LogP contribution in [0.2, 0.25) is 0 Å². The molecule has 3 rings (SSSR count). The molecule has 3 N–H and O–H groups in total.